The molecule has 1 aliphatic carbocycles. The maximum absolute atomic E-state index is 15.2. The number of pyridine rings is 2. The van der Waals surface area contributed by atoms with Crippen LogP contribution in [0, 0.1) is 17.7 Å². The molecule has 4 aromatic rings. The van der Waals surface area contributed by atoms with Gasteiger partial charge in [0.25, 0.3) is 5.91 Å². The monoisotopic (exact) mass is 496 g/mol. The fraction of sp³-hybridized carbons (Fsp3) is 0.286. The molecule has 6 rings (SSSR count). The average Bonchev–Trinajstić information content (AvgIpc) is 3.52. The minimum Gasteiger partial charge on any atom is -0.383 e. The summed E-state index contributed by atoms with van der Waals surface area (Å²) in [6, 6.07) is 6.68. The van der Waals surface area contributed by atoms with Crippen LogP contribution >= 0.6 is 0 Å². The third-order valence-electron chi connectivity index (χ3n) is 6.83. The van der Waals surface area contributed by atoms with E-state index in [4.69, 9.17) is 10.5 Å². The summed E-state index contributed by atoms with van der Waals surface area (Å²) in [6.07, 6.45) is 6.80. The van der Waals surface area contributed by atoms with E-state index in [1.807, 2.05) is 32.3 Å². The van der Waals surface area contributed by atoms with Crippen LogP contribution < -0.4 is 5.73 Å². The van der Waals surface area contributed by atoms with Gasteiger partial charge in [0.15, 0.2) is 0 Å². The van der Waals surface area contributed by atoms with Crippen molar-refractivity contribution in [3.63, 3.8) is 0 Å². The van der Waals surface area contributed by atoms with Gasteiger partial charge in [-0.2, -0.15) is 5.10 Å². The molecule has 1 unspecified atom stereocenters. The summed E-state index contributed by atoms with van der Waals surface area (Å²) in [5, 5.41) is 4.80. The standard InChI is InChI=1S/C28H25FN6O2/c1-16-26-23(15-37-16)21-9-22(24(29)10-25(21)33-27(26)30)28(36)35(20-7-8-20)14-19-6-5-17(11-31-19)3-4-18-12-32-34(2)13-18/h5-6,9-13,16,20H,7-8,14-15H2,1-2H3,(H2,30,33). The van der Waals surface area contributed by atoms with Crippen molar-refractivity contribution < 1.29 is 13.9 Å². The number of rotatable bonds is 4. The quantitative estimate of drug-likeness (QED) is 0.431. The zero-order valence-electron chi connectivity index (χ0n) is 20.5. The highest BCUT2D eigenvalue weighted by molar-refractivity contribution is 6.00. The number of benzene rings is 1. The van der Waals surface area contributed by atoms with Crippen molar-refractivity contribution in [1.29, 1.82) is 0 Å². The molecular weight excluding hydrogens is 471 g/mol. The second kappa shape index (κ2) is 8.98. The average molecular weight is 497 g/mol. The van der Waals surface area contributed by atoms with Crippen molar-refractivity contribution in [1.82, 2.24) is 24.6 Å². The first-order chi connectivity index (χ1) is 17.9. The van der Waals surface area contributed by atoms with Gasteiger partial charge in [0.05, 0.1) is 47.8 Å². The Balaban J connectivity index is 1.27. The number of aromatic nitrogens is 4. The molecule has 0 saturated heterocycles. The number of amides is 1. The molecule has 37 heavy (non-hydrogen) atoms. The van der Waals surface area contributed by atoms with Gasteiger partial charge in [0, 0.05) is 48.1 Å². The summed E-state index contributed by atoms with van der Waals surface area (Å²) < 4.78 is 22.6. The molecule has 2 aliphatic rings. The number of ether oxygens (including phenoxy) is 1. The topological polar surface area (TPSA) is 99.2 Å². The van der Waals surface area contributed by atoms with E-state index in [9.17, 15) is 4.79 Å². The largest absolute Gasteiger partial charge is 0.383 e. The fourth-order valence-electron chi connectivity index (χ4n) is 4.76. The molecule has 0 radical (unpaired) electrons. The first-order valence-corrected chi connectivity index (χ1v) is 12.2. The van der Waals surface area contributed by atoms with Crippen molar-refractivity contribution in [3.8, 4) is 11.8 Å². The van der Waals surface area contributed by atoms with Crippen LogP contribution in [-0.4, -0.2) is 36.6 Å². The van der Waals surface area contributed by atoms with Crippen molar-refractivity contribution in [2.45, 2.75) is 45.1 Å². The van der Waals surface area contributed by atoms with E-state index >= 15 is 4.39 Å². The Morgan fingerprint density at radius 3 is 2.76 bits per heavy atom. The van der Waals surface area contributed by atoms with E-state index in [2.05, 4.69) is 26.9 Å². The Morgan fingerprint density at radius 2 is 2.05 bits per heavy atom. The maximum Gasteiger partial charge on any atom is 0.257 e. The molecule has 0 bridgehead atoms. The van der Waals surface area contributed by atoms with Gasteiger partial charge in [0.1, 0.15) is 11.6 Å². The predicted molar refractivity (Wildman–Crippen MR) is 136 cm³/mol. The van der Waals surface area contributed by atoms with Crippen LogP contribution in [0.25, 0.3) is 10.9 Å². The molecule has 1 fully saturated rings. The lowest BCUT2D eigenvalue weighted by molar-refractivity contribution is 0.0723. The number of nitrogens with two attached hydrogens (primary N) is 1. The lowest BCUT2D eigenvalue weighted by Crippen LogP contribution is -2.33. The van der Waals surface area contributed by atoms with Crippen molar-refractivity contribution in [2.24, 2.45) is 7.05 Å². The van der Waals surface area contributed by atoms with E-state index in [0.717, 1.165) is 35.1 Å². The summed E-state index contributed by atoms with van der Waals surface area (Å²) in [6.45, 7) is 2.55. The van der Waals surface area contributed by atoms with Crippen molar-refractivity contribution in [3.05, 3.63) is 82.2 Å². The third kappa shape index (κ3) is 4.41. The van der Waals surface area contributed by atoms with Gasteiger partial charge in [-0.1, -0.05) is 11.8 Å². The van der Waals surface area contributed by atoms with E-state index < -0.39 is 5.82 Å². The zero-order valence-corrected chi connectivity index (χ0v) is 20.5. The molecule has 2 N–H and O–H groups in total. The number of anilines is 1. The molecule has 3 aromatic heterocycles. The van der Waals surface area contributed by atoms with Crippen LogP contribution in [0.1, 0.15) is 64.2 Å². The third-order valence-corrected chi connectivity index (χ3v) is 6.83. The van der Waals surface area contributed by atoms with Crippen LogP contribution in [0.3, 0.4) is 0 Å². The highest BCUT2D eigenvalue weighted by Crippen LogP contribution is 2.39. The SMILES string of the molecule is CC1OCc2c1c(N)nc1cc(F)c(C(=O)N(Cc3ccc(C#Cc4cnn(C)c4)cn3)C3CC3)cc21. The van der Waals surface area contributed by atoms with Crippen LogP contribution in [-0.2, 0) is 24.9 Å². The Morgan fingerprint density at radius 1 is 1.24 bits per heavy atom. The van der Waals surface area contributed by atoms with E-state index in [1.165, 1.54) is 6.07 Å². The number of carbonyl (C=O) groups excluding carboxylic acids is 1. The molecule has 1 amide bonds. The highest BCUT2D eigenvalue weighted by atomic mass is 19.1. The maximum atomic E-state index is 15.2. The van der Waals surface area contributed by atoms with Gasteiger partial charge in [0.2, 0.25) is 0 Å². The number of nitrogens with zero attached hydrogens (tertiary/aromatic N) is 5. The van der Waals surface area contributed by atoms with Gasteiger partial charge >= 0.3 is 0 Å². The lowest BCUT2D eigenvalue weighted by Gasteiger charge is -2.23. The van der Waals surface area contributed by atoms with E-state index in [0.29, 0.717) is 29.0 Å². The molecule has 9 heteroatoms. The number of hydrogen-bond acceptors (Lipinski definition) is 6. The van der Waals surface area contributed by atoms with Crippen molar-refractivity contribution >= 4 is 22.6 Å². The Kier molecular flexibility index (Phi) is 5.61. The predicted octanol–water partition coefficient (Wildman–Crippen LogP) is 3.88. The number of fused-ring (bicyclic) bond motifs is 3. The van der Waals surface area contributed by atoms with Crippen LogP contribution in [0.4, 0.5) is 10.2 Å². The number of hydrogen-bond donors (Lipinski definition) is 1. The van der Waals surface area contributed by atoms with Gasteiger partial charge in [-0.25, -0.2) is 9.37 Å². The van der Waals surface area contributed by atoms with Crippen LogP contribution in [0.2, 0.25) is 0 Å². The second-order valence-corrected chi connectivity index (χ2v) is 9.55. The molecule has 1 aliphatic heterocycles. The van der Waals surface area contributed by atoms with Gasteiger partial charge in [-0.05, 0) is 43.5 Å². The minimum atomic E-state index is -0.615. The minimum absolute atomic E-state index is 0.0201. The first-order valence-electron chi connectivity index (χ1n) is 12.2. The smallest absolute Gasteiger partial charge is 0.257 e. The molecule has 0 spiro atoms. The normalized spacial score (nSPS) is 16.4. The number of nitrogen functional groups attached to an aromatic ring is 1. The van der Waals surface area contributed by atoms with Gasteiger partial charge in [-0.3, -0.25) is 14.5 Å². The Bertz CT molecular complexity index is 1600. The summed E-state index contributed by atoms with van der Waals surface area (Å²) in [7, 11) is 1.84. The van der Waals surface area contributed by atoms with Crippen LogP contribution in [0.15, 0.2) is 42.9 Å². The first kappa shape index (κ1) is 23.1. The highest BCUT2D eigenvalue weighted by Gasteiger charge is 2.35. The number of halogens is 1. The summed E-state index contributed by atoms with van der Waals surface area (Å²) in [4.78, 5) is 24.2. The fourth-order valence-corrected chi connectivity index (χ4v) is 4.76. The molecule has 1 saturated carbocycles. The zero-order chi connectivity index (χ0) is 25.7. The lowest BCUT2D eigenvalue weighted by atomic mass is 9.99. The summed E-state index contributed by atoms with van der Waals surface area (Å²) in [5.74, 6) is 5.49. The van der Waals surface area contributed by atoms with E-state index in [-0.39, 0.29) is 30.2 Å². The van der Waals surface area contributed by atoms with Crippen molar-refractivity contribution in [2.75, 3.05) is 5.73 Å². The van der Waals surface area contributed by atoms with Crippen LogP contribution in [0.5, 0.6) is 0 Å². The number of aryl methyl sites for hydroxylation is 1. The summed E-state index contributed by atoms with van der Waals surface area (Å²) >= 11 is 0. The summed E-state index contributed by atoms with van der Waals surface area (Å²) in [5.41, 5.74) is 10.5. The molecule has 186 valence electrons. The molecule has 1 atom stereocenters. The van der Waals surface area contributed by atoms with E-state index in [1.54, 1.807) is 28.0 Å². The molecule has 1 aromatic carbocycles. The Labute approximate surface area is 213 Å². The molecular formula is C28H25FN6O2. The van der Waals surface area contributed by atoms with Gasteiger partial charge < -0.3 is 15.4 Å². The second-order valence-electron chi connectivity index (χ2n) is 9.55. The number of carbonyl (C=O) groups is 1. The van der Waals surface area contributed by atoms with Gasteiger partial charge in [-0.15, -0.1) is 0 Å². The molecule has 4 heterocycles. The molecule has 8 nitrogen and oxygen atoms in total. The Hall–Kier alpha value is -4.29.